The first kappa shape index (κ1) is 18.1. The number of nitrogen functional groups attached to an aromatic ring is 1. The first-order valence-corrected chi connectivity index (χ1v) is 7.46. The molecule has 120 valence electrons. The molecule has 0 aromatic heterocycles. The summed E-state index contributed by atoms with van der Waals surface area (Å²) < 4.78 is 11.7. The van der Waals surface area contributed by atoms with Gasteiger partial charge in [-0.05, 0) is 43.1 Å². The second-order valence-corrected chi connectivity index (χ2v) is 5.64. The van der Waals surface area contributed by atoms with Crippen LogP contribution in [-0.4, -0.2) is 43.1 Å². The molecule has 0 heterocycles. The minimum Gasteiger partial charge on any atom is -0.466 e. The second-order valence-electron chi connectivity index (χ2n) is 4.47. The second kappa shape index (κ2) is 9.86. The minimum absolute atomic E-state index is 0.231. The molecule has 1 aromatic rings. The van der Waals surface area contributed by atoms with E-state index in [1.165, 1.54) is 11.9 Å². The van der Waals surface area contributed by atoms with Crippen LogP contribution in [-0.2, 0) is 19.1 Å². The summed E-state index contributed by atoms with van der Waals surface area (Å²) in [5, 5.41) is 0. The van der Waals surface area contributed by atoms with Crippen molar-refractivity contribution >= 4 is 30.1 Å². The van der Waals surface area contributed by atoms with E-state index in [9.17, 15) is 9.59 Å². The number of esters is 1. The van der Waals surface area contributed by atoms with Crippen molar-refractivity contribution in [3.8, 4) is 0 Å². The first-order chi connectivity index (χ1) is 10.5. The summed E-state index contributed by atoms with van der Waals surface area (Å²) in [6.07, 6.45) is 0. The van der Waals surface area contributed by atoms with Gasteiger partial charge in [-0.3, -0.25) is 4.79 Å². The van der Waals surface area contributed by atoms with Crippen LogP contribution in [0.4, 0.5) is 5.69 Å². The maximum absolute atomic E-state index is 11.3. The lowest BCUT2D eigenvalue weighted by Crippen LogP contribution is -2.26. The molecule has 0 aliphatic rings. The van der Waals surface area contributed by atoms with Crippen molar-refractivity contribution in [2.24, 2.45) is 0 Å². The van der Waals surface area contributed by atoms with E-state index in [1.807, 2.05) is 28.6 Å². The van der Waals surface area contributed by atoms with Crippen LogP contribution in [0.1, 0.15) is 6.92 Å². The van der Waals surface area contributed by atoms with Crippen molar-refractivity contribution in [1.29, 1.82) is 0 Å². The topological polar surface area (TPSA) is 81.9 Å². The zero-order valence-corrected chi connectivity index (χ0v) is 13.3. The van der Waals surface area contributed by atoms with Gasteiger partial charge in [0.2, 0.25) is 0 Å². The van der Waals surface area contributed by atoms with Crippen LogP contribution in [0.25, 0.3) is 0 Å². The Balaban J connectivity index is 2.51. The Morgan fingerprint density at radius 3 is 2.55 bits per heavy atom. The Morgan fingerprint density at radius 2 is 1.95 bits per heavy atom. The molecule has 2 N–H and O–H groups in total. The Hall–Kier alpha value is -1.99. The van der Waals surface area contributed by atoms with Gasteiger partial charge in [0.15, 0.2) is 0 Å². The molecule has 0 aliphatic carbocycles. The van der Waals surface area contributed by atoms with E-state index in [0.717, 1.165) is 4.90 Å². The normalized spacial score (nSPS) is 10.3. The number of nitrogens with two attached hydrogens (primary N) is 1. The molecule has 0 saturated heterocycles. The van der Waals surface area contributed by atoms with Gasteiger partial charge in [-0.15, -0.1) is 0 Å². The van der Waals surface area contributed by atoms with E-state index in [1.54, 1.807) is 6.92 Å². The molecule has 0 unspecified atom stereocenters. The minimum atomic E-state index is -0.415. The fraction of sp³-hybridized carbons (Fsp3) is 0.333. The Kier molecular flexibility index (Phi) is 8.09. The molecule has 6 nitrogen and oxygen atoms in total. The molecule has 0 amide bonds. The summed E-state index contributed by atoms with van der Waals surface area (Å²) in [5.41, 5.74) is 6.70. The number of hydrogen-bond acceptors (Lipinski definition) is 7. The average Bonchev–Trinajstić information content (AvgIpc) is 2.49. The quantitative estimate of drug-likeness (QED) is 0.176. The van der Waals surface area contributed by atoms with E-state index >= 15 is 0 Å². The van der Waals surface area contributed by atoms with Crippen molar-refractivity contribution in [2.75, 3.05) is 32.0 Å². The predicted octanol–water partition coefficient (Wildman–Crippen LogP) is 1.87. The third kappa shape index (κ3) is 7.14. The summed E-state index contributed by atoms with van der Waals surface area (Å²) in [6, 6.07) is 7.41. The van der Waals surface area contributed by atoms with Crippen molar-refractivity contribution in [3.05, 3.63) is 36.4 Å². The SMILES string of the molecule is C=C(C)C(=O)OCCN(CCOC=O)Sc1ccc(N)cc1. The number of carbonyl (C=O) groups excluding carboxylic acids is 2. The lowest BCUT2D eigenvalue weighted by Gasteiger charge is -2.20. The van der Waals surface area contributed by atoms with Crippen LogP contribution in [0.5, 0.6) is 0 Å². The smallest absolute Gasteiger partial charge is 0.333 e. The van der Waals surface area contributed by atoms with Crippen LogP contribution >= 0.6 is 11.9 Å². The molecule has 22 heavy (non-hydrogen) atoms. The lowest BCUT2D eigenvalue weighted by molar-refractivity contribution is -0.139. The highest BCUT2D eigenvalue weighted by molar-refractivity contribution is 7.97. The van der Waals surface area contributed by atoms with Gasteiger partial charge < -0.3 is 15.2 Å². The molecule has 0 saturated carbocycles. The fourth-order valence-electron chi connectivity index (χ4n) is 1.45. The van der Waals surface area contributed by atoms with Gasteiger partial charge >= 0.3 is 5.97 Å². The van der Waals surface area contributed by atoms with Gasteiger partial charge in [0.25, 0.3) is 6.47 Å². The molecule has 0 aliphatic heterocycles. The van der Waals surface area contributed by atoms with Gasteiger partial charge in [0.1, 0.15) is 13.2 Å². The van der Waals surface area contributed by atoms with Crippen molar-refractivity contribution in [2.45, 2.75) is 11.8 Å². The molecule has 0 atom stereocenters. The van der Waals surface area contributed by atoms with Crippen LogP contribution in [0, 0.1) is 0 Å². The Morgan fingerprint density at radius 1 is 1.32 bits per heavy atom. The number of anilines is 1. The van der Waals surface area contributed by atoms with Crippen LogP contribution in [0.2, 0.25) is 0 Å². The maximum atomic E-state index is 11.3. The number of ether oxygens (including phenoxy) is 2. The van der Waals surface area contributed by atoms with Crippen molar-refractivity contribution < 1.29 is 19.1 Å². The predicted molar refractivity (Wildman–Crippen MR) is 86.1 cm³/mol. The number of benzene rings is 1. The van der Waals surface area contributed by atoms with E-state index in [4.69, 9.17) is 15.2 Å². The standard InChI is InChI=1S/C15H20N2O4S/c1-12(2)15(19)21-10-8-17(7-9-20-11-18)22-14-5-3-13(16)4-6-14/h3-6,11H,1,7-10,16H2,2H3. The Bertz CT molecular complexity index is 505. The van der Waals surface area contributed by atoms with Crippen molar-refractivity contribution in [3.63, 3.8) is 0 Å². The van der Waals surface area contributed by atoms with Gasteiger partial charge in [-0.1, -0.05) is 6.58 Å². The first-order valence-electron chi connectivity index (χ1n) is 6.69. The average molecular weight is 324 g/mol. The molecule has 7 heteroatoms. The number of rotatable bonds is 10. The largest absolute Gasteiger partial charge is 0.466 e. The molecular weight excluding hydrogens is 304 g/mol. The molecule has 0 spiro atoms. The number of carbonyl (C=O) groups is 2. The highest BCUT2D eigenvalue weighted by atomic mass is 32.2. The van der Waals surface area contributed by atoms with Gasteiger partial charge in [-0.25, -0.2) is 9.10 Å². The van der Waals surface area contributed by atoms with E-state index in [0.29, 0.717) is 30.8 Å². The Labute approximate surface area is 134 Å². The molecule has 0 fully saturated rings. The summed E-state index contributed by atoms with van der Waals surface area (Å²) in [7, 11) is 0. The molecule has 1 aromatic carbocycles. The number of nitrogens with zero attached hydrogens (tertiary/aromatic N) is 1. The monoisotopic (exact) mass is 324 g/mol. The molecule has 0 radical (unpaired) electrons. The van der Waals surface area contributed by atoms with E-state index in [2.05, 4.69) is 6.58 Å². The third-order valence-corrected chi connectivity index (χ3v) is 3.67. The van der Waals surface area contributed by atoms with Crippen molar-refractivity contribution in [1.82, 2.24) is 4.31 Å². The number of hydrogen-bond donors (Lipinski definition) is 1. The summed E-state index contributed by atoms with van der Waals surface area (Å²) >= 11 is 1.48. The summed E-state index contributed by atoms with van der Waals surface area (Å²) in [4.78, 5) is 22.6. The highest BCUT2D eigenvalue weighted by Crippen LogP contribution is 2.23. The molecular formula is C15H20N2O4S. The fourth-order valence-corrected chi connectivity index (χ4v) is 2.33. The van der Waals surface area contributed by atoms with Gasteiger partial charge in [0, 0.05) is 29.2 Å². The van der Waals surface area contributed by atoms with Gasteiger partial charge in [-0.2, -0.15) is 0 Å². The van der Waals surface area contributed by atoms with E-state index in [-0.39, 0.29) is 13.2 Å². The summed E-state index contributed by atoms with van der Waals surface area (Å²) in [5.74, 6) is -0.415. The zero-order chi connectivity index (χ0) is 16.4. The van der Waals surface area contributed by atoms with E-state index < -0.39 is 5.97 Å². The van der Waals surface area contributed by atoms with Crippen LogP contribution in [0.3, 0.4) is 0 Å². The van der Waals surface area contributed by atoms with Crippen LogP contribution in [0.15, 0.2) is 41.3 Å². The molecule has 0 bridgehead atoms. The highest BCUT2D eigenvalue weighted by Gasteiger charge is 2.10. The van der Waals surface area contributed by atoms with Crippen LogP contribution < -0.4 is 5.73 Å². The summed E-state index contributed by atoms with van der Waals surface area (Å²) in [6.45, 7) is 7.04. The van der Waals surface area contributed by atoms with Gasteiger partial charge in [0.05, 0.1) is 0 Å². The zero-order valence-electron chi connectivity index (χ0n) is 12.5. The lowest BCUT2D eigenvalue weighted by atomic mass is 10.3. The maximum Gasteiger partial charge on any atom is 0.333 e. The molecule has 1 rings (SSSR count). The third-order valence-electron chi connectivity index (χ3n) is 2.56.